The predicted molar refractivity (Wildman–Crippen MR) is 87.0 cm³/mol. The number of benzene rings is 2. The van der Waals surface area contributed by atoms with Gasteiger partial charge in [-0.1, -0.05) is 0 Å². The summed E-state index contributed by atoms with van der Waals surface area (Å²) in [6.07, 6.45) is -9.69. The summed E-state index contributed by atoms with van der Waals surface area (Å²) in [6, 6.07) is 4.32. The van der Waals surface area contributed by atoms with Crippen LogP contribution < -0.4 is 8.92 Å². The van der Waals surface area contributed by atoms with Crippen molar-refractivity contribution in [2.45, 2.75) is 12.4 Å². The van der Waals surface area contributed by atoms with E-state index in [9.17, 15) is 46.6 Å². The van der Waals surface area contributed by atoms with Crippen LogP contribution in [0.1, 0.15) is 11.1 Å². The molecule has 0 aliphatic heterocycles. The molecule has 0 heterocycles. The van der Waals surface area contributed by atoms with Gasteiger partial charge < -0.3 is 0 Å². The number of alkyl halides is 6. The van der Waals surface area contributed by atoms with Crippen molar-refractivity contribution in [1.82, 2.24) is 0 Å². The van der Waals surface area contributed by atoms with Gasteiger partial charge in [-0.15, -0.1) is 0 Å². The number of halogens is 6. The van der Waals surface area contributed by atoms with Crippen molar-refractivity contribution in [3.63, 3.8) is 0 Å². The first-order valence-corrected chi connectivity index (χ1v) is 12.9. The fourth-order valence-corrected chi connectivity index (χ4v) is 8.35. The molecule has 0 unspecified atom stereocenters. The van der Waals surface area contributed by atoms with E-state index in [1.54, 1.807) is 0 Å². The molecule has 0 spiro atoms. The summed E-state index contributed by atoms with van der Waals surface area (Å²) in [5.41, 5.74) is -4.52. The maximum absolute atomic E-state index is 12.8. The molecule has 0 saturated heterocycles. The zero-order valence-electron chi connectivity index (χ0n) is 13.1. The number of nitro groups is 2. The molecule has 2 aromatic carbocycles. The normalized spacial score (nSPS) is 12.1. The van der Waals surface area contributed by atoms with Crippen LogP contribution >= 0.6 is 0 Å². The molecule has 150 valence electrons. The topological polar surface area (TPSA) is 86.3 Å². The Morgan fingerprint density at radius 2 is 1.36 bits per heavy atom. The van der Waals surface area contributed by atoms with Crippen molar-refractivity contribution >= 4 is 46.6 Å². The molecule has 0 saturated carbocycles. The number of rotatable bonds is 5. The second kappa shape index (κ2) is 8.08. The monoisotopic (exact) mass is 540 g/mol. The van der Waals surface area contributed by atoms with Crippen molar-refractivity contribution < 1.29 is 36.2 Å². The molecule has 0 fully saturated rings. The van der Waals surface area contributed by atoms with E-state index >= 15 is 0 Å². The van der Waals surface area contributed by atoms with E-state index in [1.807, 2.05) is 0 Å². The van der Waals surface area contributed by atoms with Crippen molar-refractivity contribution in [3.05, 3.63) is 67.8 Å². The van der Waals surface area contributed by atoms with E-state index in [1.165, 1.54) is 0 Å². The van der Waals surface area contributed by atoms with E-state index in [0.29, 0.717) is 18.2 Å². The molecule has 28 heavy (non-hydrogen) atoms. The Morgan fingerprint density at radius 1 is 0.750 bits per heavy atom. The zero-order valence-corrected chi connectivity index (χ0v) is 16.5. The van der Waals surface area contributed by atoms with E-state index < -0.39 is 71.0 Å². The van der Waals surface area contributed by atoms with Crippen molar-refractivity contribution in [2.75, 3.05) is 0 Å². The first-order chi connectivity index (χ1) is 12.8. The van der Waals surface area contributed by atoms with Gasteiger partial charge >= 0.3 is 163 Å². The van der Waals surface area contributed by atoms with Crippen LogP contribution in [0.2, 0.25) is 0 Å². The van der Waals surface area contributed by atoms with E-state index in [0.717, 1.165) is 18.2 Å². The van der Waals surface area contributed by atoms with Gasteiger partial charge in [0.1, 0.15) is 0 Å². The second-order valence-corrected chi connectivity index (χ2v) is 11.3. The Kier molecular flexibility index (Phi) is 6.39. The minimum atomic E-state index is -4.93. The quantitative estimate of drug-likeness (QED) is 0.254. The van der Waals surface area contributed by atoms with Gasteiger partial charge in [-0.25, -0.2) is 0 Å². The molecular formula is C14H6F6N2O4Se2. The standard InChI is InChI=1S/C14H6F6N2O4Se2/c15-13(16,17)7-1-4-12(11(5-7)22(25)26)28-27-8-2-3-9(14(18,19)20)10(6-8)21(23)24/h1-6H. The molecule has 0 radical (unpaired) electrons. The molecule has 0 N–H and O–H groups in total. The summed E-state index contributed by atoms with van der Waals surface area (Å²) in [7, 11) is 0. The number of hydrogen-bond acceptors (Lipinski definition) is 4. The Morgan fingerprint density at radius 3 is 1.86 bits per heavy atom. The Hall–Kier alpha value is -2.14. The molecule has 0 bridgehead atoms. The second-order valence-electron chi connectivity index (χ2n) is 5.04. The third-order valence-corrected chi connectivity index (χ3v) is 10.4. The Labute approximate surface area is 163 Å². The van der Waals surface area contributed by atoms with Crippen LogP contribution in [0, 0.1) is 20.2 Å². The molecule has 2 aromatic rings. The van der Waals surface area contributed by atoms with E-state index in [2.05, 4.69) is 0 Å². The zero-order chi connectivity index (χ0) is 21.3. The van der Waals surface area contributed by atoms with Gasteiger partial charge in [0, 0.05) is 0 Å². The van der Waals surface area contributed by atoms with Crippen LogP contribution in [0.4, 0.5) is 37.7 Å². The summed E-state index contributed by atoms with van der Waals surface area (Å²) in [6.45, 7) is 0. The molecule has 0 atom stereocenters. The fourth-order valence-electron chi connectivity index (χ4n) is 1.95. The summed E-state index contributed by atoms with van der Waals surface area (Å²) >= 11 is -1.51. The van der Waals surface area contributed by atoms with Crippen LogP contribution in [-0.2, 0) is 12.4 Å². The van der Waals surface area contributed by atoms with Gasteiger partial charge in [0.2, 0.25) is 0 Å². The van der Waals surface area contributed by atoms with Crippen LogP contribution in [-0.4, -0.2) is 36.1 Å². The first kappa shape index (κ1) is 22.2. The fraction of sp³-hybridized carbons (Fsp3) is 0.143. The van der Waals surface area contributed by atoms with Crippen LogP contribution in [0.5, 0.6) is 0 Å². The van der Waals surface area contributed by atoms with Gasteiger partial charge in [0.25, 0.3) is 0 Å². The summed E-state index contributed by atoms with van der Waals surface area (Å²) in [5.74, 6) is 0. The minimum absolute atomic E-state index is 0.00745. The predicted octanol–water partition coefficient (Wildman–Crippen LogP) is 2.81. The molecule has 6 nitrogen and oxygen atoms in total. The average molecular weight is 538 g/mol. The number of nitro benzene ring substituents is 2. The van der Waals surface area contributed by atoms with Crippen LogP contribution in [0.3, 0.4) is 0 Å². The summed E-state index contributed by atoms with van der Waals surface area (Å²) < 4.78 is 76.7. The summed E-state index contributed by atoms with van der Waals surface area (Å²) in [5, 5.41) is 21.9. The van der Waals surface area contributed by atoms with Gasteiger partial charge in [-0.3, -0.25) is 0 Å². The van der Waals surface area contributed by atoms with E-state index in [-0.39, 0.29) is 8.92 Å². The van der Waals surface area contributed by atoms with Gasteiger partial charge in [0.05, 0.1) is 0 Å². The van der Waals surface area contributed by atoms with Gasteiger partial charge in [0.15, 0.2) is 0 Å². The van der Waals surface area contributed by atoms with Crippen LogP contribution in [0.25, 0.3) is 0 Å². The van der Waals surface area contributed by atoms with Crippen molar-refractivity contribution in [3.8, 4) is 0 Å². The van der Waals surface area contributed by atoms with Gasteiger partial charge in [-0.2, -0.15) is 0 Å². The van der Waals surface area contributed by atoms with Crippen molar-refractivity contribution in [2.24, 2.45) is 0 Å². The maximum atomic E-state index is 12.8. The molecule has 0 aliphatic carbocycles. The third-order valence-electron chi connectivity index (χ3n) is 3.18. The molecule has 0 aliphatic rings. The third kappa shape index (κ3) is 5.22. The Balaban J connectivity index is 2.33. The summed E-state index contributed by atoms with van der Waals surface area (Å²) in [4.78, 5) is 19.8. The van der Waals surface area contributed by atoms with Gasteiger partial charge in [-0.05, 0) is 0 Å². The number of nitrogens with zero attached hydrogens (tertiary/aromatic N) is 2. The van der Waals surface area contributed by atoms with Crippen LogP contribution in [0.15, 0.2) is 36.4 Å². The molecule has 0 amide bonds. The molecule has 14 heteroatoms. The molecular weight excluding hydrogens is 532 g/mol. The van der Waals surface area contributed by atoms with Crippen molar-refractivity contribution in [1.29, 1.82) is 0 Å². The van der Waals surface area contributed by atoms with E-state index in [4.69, 9.17) is 0 Å². The molecule has 2 rings (SSSR count). The first-order valence-electron chi connectivity index (χ1n) is 6.86. The molecule has 0 aromatic heterocycles. The average Bonchev–Trinajstić information content (AvgIpc) is 2.57. The SMILES string of the molecule is O=[N+]([O-])c1cc(C(F)(F)F)ccc1[Se][Se]c1ccc(C(F)(F)F)c([N+](=O)[O-])c1. The number of hydrogen-bond donors (Lipinski definition) is 0. The Bertz CT molecular complexity index is 933.